The Balaban J connectivity index is 3.70. The normalized spacial score (nSPS) is 13.8. The van der Waals surface area contributed by atoms with Crippen molar-refractivity contribution in [1.29, 1.82) is 0 Å². The molecule has 2 nitrogen and oxygen atoms in total. The van der Waals surface area contributed by atoms with Crippen LogP contribution in [0.2, 0.25) is 0 Å². The van der Waals surface area contributed by atoms with E-state index in [9.17, 15) is 0 Å². The van der Waals surface area contributed by atoms with Crippen molar-refractivity contribution in [2.24, 2.45) is 11.8 Å². The fourth-order valence-corrected chi connectivity index (χ4v) is 1.11. The van der Waals surface area contributed by atoms with E-state index < -0.39 is 0 Å². The van der Waals surface area contributed by atoms with Gasteiger partial charge in [0, 0.05) is 20.6 Å². The van der Waals surface area contributed by atoms with Crippen LogP contribution in [-0.4, -0.2) is 25.6 Å². The Bertz CT molecular complexity index is 119. The highest BCUT2D eigenvalue weighted by atomic mass is 15.5. The summed E-state index contributed by atoms with van der Waals surface area (Å²) < 4.78 is 0. The van der Waals surface area contributed by atoms with E-state index in [-0.39, 0.29) is 0 Å². The van der Waals surface area contributed by atoms with Crippen LogP contribution >= 0.6 is 0 Å². The molecule has 0 rings (SSSR count). The maximum absolute atomic E-state index is 3.77. The van der Waals surface area contributed by atoms with E-state index >= 15 is 0 Å². The highest BCUT2D eigenvalue weighted by Crippen LogP contribution is 2.14. The molecule has 0 fully saturated rings. The minimum absolute atomic E-state index is 0.699. The molecule has 0 aromatic heterocycles. The van der Waals surface area contributed by atoms with E-state index in [0.717, 1.165) is 18.9 Å². The molecule has 1 unspecified atom stereocenters. The Kier molecular flexibility index (Phi) is 6.03. The Morgan fingerprint density at radius 1 is 1.42 bits per heavy atom. The molecule has 0 saturated carbocycles. The van der Waals surface area contributed by atoms with Crippen molar-refractivity contribution < 1.29 is 0 Å². The summed E-state index contributed by atoms with van der Waals surface area (Å²) in [4.78, 5) is 0. The Morgan fingerprint density at radius 3 is 2.33 bits per heavy atom. The Hall–Kier alpha value is -0.340. The van der Waals surface area contributed by atoms with Crippen LogP contribution in [0.1, 0.15) is 20.3 Å². The van der Waals surface area contributed by atoms with E-state index in [0.29, 0.717) is 5.92 Å². The molecule has 72 valence electrons. The maximum atomic E-state index is 3.77. The highest BCUT2D eigenvalue weighted by molar-refractivity contribution is 4.76. The molecule has 0 aliphatic carbocycles. The minimum Gasteiger partial charge on any atom is -0.255 e. The number of hydrogen-bond donors (Lipinski definition) is 1. The SMILES string of the molecule is C=CCC(CNN(C)C)C(C)C. The van der Waals surface area contributed by atoms with E-state index in [1.807, 2.05) is 25.2 Å². The van der Waals surface area contributed by atoms with E-state index in [1.165, 1.54) is 0 Å². The summed E-state index contributed by atoms with van der Waals surface area (Å²) in [6.07, 6.45) is 3.10. The molecule has 0 aliphatic heterocycles. The van der Waals surface area contributed by atoms with Crippen LogP contribution in [0.3, 0.4) is 0 Å². The average molecular weight is 170 g/mol. The largest absolute Gasteiger partial charge is 0.255 e. The quantitative estimate of drug-likeness (QED) is 0.484. The first kappa shape index (κ1) is 11.7. The molecular formula is C10H22N2. The summed E-state index contributed by atoms with van der Waals surface area (Å²) in [5.41, 5.74) is 3.30. The number of allylic oxidation sites excluding steroid dienone is 1. The van der Waals surface area contributed by atoms with Crippen molar-refractivity contribution in [1.82, 2.24) is 10.4 Å². The summed E-state index contributed by atoms with van der Waals surface area (Å²) >= 11 is 0. The van der Waals surface area contributed by atoms with Gasteiger partial charge in [0.15, 0.2) is 0 Å². The van der Waals surface area contributed by atoms with Crippen molar-refractivity contribution in [2.75, 3.05) is 20.6 Å². The van der Waals surface area contributed by atoms with Crippen LogP contribution in [-0.2, 0) is 0 Å². The molecular weight excluding hydrogens is 148 g/mol. The molecule has 1 N–H and O–H groups in total. The first-order chi connectivity index (χ1) is 5.57. The average Bonchev–Trinajstić information content (AvgIpc) is 1.96. The van der Waals surface area contributed by atoms with Gasteiger partial charge in [-0.15, -0.1) is 6.58 Å². The third-order valence-electron chi connectivity index (χ3n) is 2.08. The fraction of sp³-hybridized carbons (Fsp3) is 0.800. The van der Waals surface area contributed by atoms with Gasteiger partial charge in [-0.3, -0.25) is 10.4 Å². The molecule has 0 amide bonds. The molecule has 2 heteroatoms. The van der Waals surface area contributed by atoms with E-state index in [4.69, 9.17) is 0 Å². The Labute approximate surface area is 76.6 Å². The van der Waals surface area contributed by atoms with Gasteiger partial charge in [0.25, 0.3) is 0 Å². The first-order valence-electron chi connectivity index (χ1n) is 4.59. The number of nitrogens with zero attached hydrogens (tertiary/aromatic N) is 1. The second kappa shape index (κ2) is 6.21. The van der Waals surface area contributed by atoms with Crippen LogP contribution in [0.4, 0.5) is 0 Å². The summed E-state index contributed by atoms with van der Waals surface area (Å²) in [5.74, 6) is 1.42. The van der Waals surface area contributed by atoms with Crippen molar-refractivity contribution in [3.8, 4) is 0 Å². The van der Waals surface area contributed by atoms with Crippen molar-refractivity contribution in [2.45, 2.75) is 20.3 Å². The highest BCUT2D eigenvalue weighted by Gasteiger charge is 2.10. The number of rotatable bonds is 6. The fourth-order valence-electron chi connectivity index (χ4n) is 1.11. The second-order valence-electron chi connectivity index (χ2n) is 3.79. The molecule has 12 heavy (non-hydrogen) atoms. The number of nitrogens with one attached hydrogen (secondary N) is 1. The molecule has 0 aliphatic rings. The van der Waals surface area contributed by atoms with Gasteiger partial charge in [-0.2, -0.15) is 0 Å². The summed E-state index contributed by atoms with van der Waals surface area (Å²) in [5, 5.41) is 2.00. The van der Waals surface area contributed by atoms with Gasteiger partial charge in [-0.25, -0.2) is 0 Å². The lowest BCUT2D eigenvalue weighted by molar-refractivity contribution is 0.238. The third-order valence-corrected chi connectivity index (χ3v) is 2.08. The molecule has 0 bridgehead atoms. The monoisotopic (exact) mass is 170 g/mol. The zero-order chi connectivity index (χ0) is 9.56. The summed E-state index contributed by atoms with van der Waals surface area (Å²) in [6, 6.07) is 0. The maximum Gasteiger partial charge on any atom is 0.0136 e. The van der Waals surface area contributed by atoms with Gasteiger partial charge in [0.2, 0.25) is 0 Å². The van der Waals surface area contributed by atoms with Gasteiger partial charge in [-0.1, -0.05) is 19.9 Å². The molecule has 0 aromatic carbocycles. The summed E-state index contributed by atoms with van der Waals surface area (Å²) in [7, 11) is 4.04. The van der Waals surface area contributed by atoms with Crippen LogP contribution in [0.5, 0.6) is 0 Å². The molecule has 0 heterocycles. The van der Waals surface area contributed by atoms with Crippen LogP contribution in [0, 0.1) is 11.8 Å². The molecule has 0 aromatic rings. The zero-order valence-electron chi connectivity index (χ0n) is 8.80. The lowest BCUT2D eigenvalue weighted by Gasteiger charge is -2.22. The lowest BCUT2D eigenvalue weighted by atomic mass is 9.93. The van der Waals surface area contributed by atoms with Gasteiger partial charge in [0.05, 0.1) is 0 Å². The molecule has 0 saturated heterocycles. The van der Waals surface area contributed by atoms with Gasteiger partial charge in [-0.05, 0) is 18.3 Å². The molecule has 0 radical (unpaired) electrons. The first-order valence-corrected chi connectivity index (χ1v) is 4.59. The van der Waals surface area contributed by atoms with Crippen molar-refractivity contribution in [3.05, 3.63) is 12.7 Å². The van der Waals surface area contributed by atoms with Gasteiger partial charge in [0.1, 0.15) is 0 Å². The van der Waals surface area contributed by atoms with Gasteiger partial charge >= 0.3 is 0 Å². The number of hydrazine groups is 1. The van der Waals surface area contributed by atoms with E-state index in [2.05, 4.69) is 25.9 Å². The van der Waals surface area contributed by atoms with Crippen molar-refractivity contribution >= 4 is 0 Å². The minimum atomic E-state index is 0.699. The topological polar surface area (TPSA) is 15.3 Å². The number of hydrogen-bond acceptors (Lipinski definition) is 2. The second-order valence-corrected chi connectivity index (χ2v) is 3.79. The van der Waals surface area contributed by atoms with Gasteiger partial charge < -0.3 is 0 Å². The van der Waals surface area contributed by atoms with Crippen LogP contribution in [0.15, 0.2) is 12.7 Å². The molecule has 1 atom stereocenters. The predicted octanol–water partition coefficient (Wildman–Crippen LogP) is 1.90. The molecule has 0 spiro atoms. The van der Waals surface area contributed by atoms with Crippen LogP contribution < -0.4 is 5.43 Å². The standard InChI is InChI=1S/C10H22N2/c1-6-7-10(9(2)3)8-11-12(4)5/h6,9-11H,1,7-8H2,2-5H3. The lowest BCUT2D eigenvalue weighted by Crippen LogP contribution is -2.36. The third kappa shape index (κ3) is 5.33. The smallest absolute Gasteiger partial charge is 0.0136 e. The summed E-state index contributed by atoms with van der Waals surface area (Å²) in [6.45, 7) is 9.32. The van der Waals surface area contributed by atoms with E-state index in [1.54, 1.807) is 0 Å². The van der Waals surface area contributed by atoms with Crippen molar-refractivity contribution in [3.63, 3.8) is 0 Å². The predicted molar refractivity (Wildman–Crippen MR) is 54.8 cm³/mol. The zero-order valence-corrected chi connectivity index (χ0v) is 8.80. The van der Waals surface area contributed by atoms with Crippen LogP contribution in [0.25, 0.3) is 0 Å². The Morgan fingerprint density at radius 2 is 2.00 bits per heavy atom.